The Morgan fingerprint density at radius 2 is 1.82 bits per heavy atom. The van der Waals surface area contributed by atoms with Gasteiger partial charge in [0.25, 0.3) is 0 Å². The Morgan fingerprint density at radius 3 is 2.53 bits per heavy atom. The lowest BCUT2D eigenvalue weighted by atomic mass is 10.2. The van der Waals surface area contributed by atoms with Crippen molar-refractivity contribution in [3.8, 4) is 0 Å². The van der Waals surface area contributed by atoms with Crippen LogP contribution in [0.1, 0.15) is 11.3 Å². The van der Waals surface area contributed by atoms with Crippen LogP contribution in [0.2, 0.25) is 5.02 Å². The molecule has 1 atom stereocenters. The first-order chi connectivity index (χ1) is 8.25. The van der Waals surface area contributed by atoms with Gasteiger partial charge in [-0.05, 0) is 23.8 Å². The van der Waals surface area contributed by atoms with Crippen LogP contribution in [0.5, 0.6) is 0 Å². The van der Waals surface area contributed by atoms with E-state index in [4.69, 9.17) is 11.6 Å². The SMILES string of the molecule is O=[S@](Cc1ccccn1)Cc1ccccc1Cl. The quantitative estimate of drug-likeness (QED) is 0.850. The van der Waals surface area contributed by atoms with E-state index in [1.165, 1.54) is 0 Å². The molecule has 0 spiro atoms. The third-order valence-corrected chi connectivity index (χ3v) is 3.93. The van der Waals surface area contributed by atoms with E-state index in [0.717, 1.165) is 11.3 Å². The zero-order chi connectivity index (χ0) is 12.1. The van der Waals surface area contributed by atoms with Gasteiger partial charge in [-0.2, -0.15) is 0 Å². The van der Waals surface area contributed by atoms with Gasteiger partial charge >= 0.3 is 0 Å². The topological polar surface area (TPSA) is 30.0 Å². The van der Waals surface area contributed by atoms with Gasteiger partial charge in [0.2, 0.25) is 0 Å². The average Bonchev–Trinajstić information content (AvgIpc) is 2.33. The molecule has 1 aromatic heterocycles. The van der Waals surface area contributed by atoms with Gasteiger partial charge in [0.15, 0.2) is 0 Å². The van der Waals surface area contributed by atoms with Gasteiger partial charge in [-0.1, -0.05) is 35.9 Å². The smallest absolute Gasteiger partial charge is 0.0662 e. The summed E-state index contributed by atoms with van der Waals surface area (Å²) in [6.45, 7) is 0. The first-order valence-corrected chi connectivity index (χ1v) is 7.10. The Kier molecular flexibility index (Phi) is 4.29. The fourth-order valence-electron chi connectivity index (χ4n) is 1.49. The number of hydrogen-bond donors (Lipinski definition) is 0. The standard InChI is InChI=1S/C13H12ClNOS/c14-13-7-2-1-5-11(13)9-17(16)10-12-6-3-4-8-15-12/h1-8H,9-10H2/t17-/m0/s1. The highest BCUT2D eigenvalue weighted by molar-refractivity contribution is 7.83. The number of nitrogens with zero attached hydrogens (tertiary/aromatic N) is 1. The minimum Gasteiger partial charge on any atom is -0.260 e. The molecule has 0 bridgehead atoms. The Morgan fingerprint density at radius 1 is 1.06 bits per heavy atom. The van der Waals surface area contributed by atoms with Crippen molar-refractivity contribution in [1.82, 2.24) is 4.98 Å². The normalized spacial score (nSPS) is 12.3. The summed E-state index contributed by atoms with van der Waals surface area (Å²) >= 11 is 6.02. The molecule has 17 heavy (non-hydrogen) atoms. The average molecular weight is 266 g/mol. The van der Waals surface area contributed by atoms with Crippen molar-refractivity contribution in [2.75, 3.05) is 0 Å². The minimum atomic E-state index is -0.979. The summed E-state index contributed by atoms with van der Waals surface area (Å²) in [4.78, 5) is 4.16. The summed E-state index contributed by atoms with van der Waals surface area (Å²) in [5, 5.41) is 0.668. The maximum Gasteiger partial charge on any atom is 0.0662 e. The van der Waals surface area contributed by atoms with Crippen molar-refractivity contribution in [3.63, 3.8) is 0 Å². The predicted octanol–water partition coefficient (Wildman–Crippen LogP) is 3.18. The zero-order valence-electron chi connectivity index (χ0n) is 9.17. The zero-order valence-corrected chi connectivity index (χ0v) is 10.7. The number of pyridine rings is 1. The number of rotatable bonds is 4. The van der Waals surface area contributed by atoms with E-state index >= 15 is 0 Å². The molecule has 2 rings (SSSR count). The molecule has 0 aliphatic rings. The number of aromatic nitrogens is 1. The molecule has 2 aromatic rings. The Balaban J connectivity index is 2.01. The largest absolute Gasteiger partial charge is 0.260 e. The van der Waals surface area contributed by atoms with Gasteiger partial charge in [-0.3, -0.25) is 9.19 Å². The highest BCUT2D eigenvalue weighted by Crippen LogP contribution is 2.17. The van der Waals surface area contributed by atoms with Gasteiger partial charge < -0.3 is 0 Å². The second kappa shape index (κ2) is 5.94. The van der Waals surface area contributed by atoms with Crippen LogP contribution in [0, 0.1) is 0 Å². The summed E-state index contributed by atoms with van der Waals surface area (Å²) in [6.07, 6.45) is 1.71. The summed E-state index contributed by atoms with van der Waals surface area (Å²) in [5.41, 5.74) is 1.77. The second-order valence-corrected chi connectivity index (χ2v) is 5.51. The number of hydrogen-bond acceptors (Lipinski definition) is 2. The molecular weight excluding hydrogens is 254 g/mol. The lowest BCUT2D eigenvalue weighted by molar-refractivity contribution is 0.681. The van der Waals surface area contributed by atoms with Crippen molar-refractivity contribution in [3.05, 3.63) is 64.9 Å². The van der Waals surface area contributed by atoms with Crippen molar-refractivity contribution in [2.45, 2.75) is 11.5 Å². The molecular formula is C13H12ClNOS. The molecule has 0 unspecified atom stereocenters. The minimum absolute atomic E-state index is 0.464. The summed E-state index contributed by atoms with van der Waals surface area (Å²) in [5.74, 6) is 0.933. The molecule has 0 N–H and O–H groups in total. The fraction of sp³-hybridized carbons (Fsp3) is 0.154. The van der Waals surface area contributed by atoms with Crippen molar-refractivity contribution in [2.24, 2.45) is 0 Å². The molecule has 0 fully saturated rings. The lowest BCUT2D eigenvalue weighted by Gasteiger charge is -2.04. The molecule has 88 valence electrons. The van der Waals surface area contributed by atoms with E-state index < -0.39 is 10.8 Å². The van der Waals surface area contributed by atoms with Crippen LogP contribution in [-0.2, 0) is 22.3 Å². The molecule has 0 aliphatic heterocycles. The van der Waals surface area contributed by atoms with Gasteiger partial charge in [-0.25, -0.2) is 0 Å². The van der Waals surface area contributed by atoms with Crippen molar-refractivity contribution in [1.29, 1.82) is 0 Å². The molecule has 2 nitrogen and oxygen atoms in total. The third kappa shape index (κ3) is 3.65. The van der Waals surface area contributed by atoms with Gasteiger partial charge in [0, 0.05) is 22.0 Å². The van der Waals surface area contributed by atoms with Crippen LogP contribution in [0.25, 0.3) is 0 Å². The lowest BCUT2D eigenvalue weighted by Crippen LogP contribution is -2.01. The maximum atomic E-state index is 11.9. The van der Waals surface area contributed by atoms with E-state index in [-0.39, 0.29) is 0 Å². The summed E-state index contributed by atoms with van der Waals surface area (Å²) < 4.78 is 11.9. The predicted molar refractivity (Wildman–Crippen MR) is 71.2 cm³/mol. The van der Waals surface area contributed by atoms with Gasteiger partial charge in [0.05, 0.1) is 17.2 Å². The van der Waals surface area contributed by atoms with Crippen LogP contribution in [0.4, 0.5) is 0 Å². The molecule has 0 saturated carbocycles. The summed E-state index contributed by atoms with van der Waals surface area (Å²) in [7, 11) is -0.979. The summed E-state index contributed by atoms with van der Waals surface area (Å²) in [6, 6.07) is 13.1. The third-order valence-electron chi connectivity index (χ3n) is 2.31. The Bertz CT molecular complexity index is 516. The monoisotopic (exact) mass is 265 g/mol. The van der Waals surface area contributed by atoms with Crippen LogP contribution in [-0.4, -0.2) is 9.19 Å². The molecule has 0 radical (unpaired) electrons. The van der Waals surface area contributed by atoms with E-state index in [2.05, 4.69) is 4.98 Å². The van der Waals surface area contributed by atoms with E-state index in [0.29, 0.717) is 16.5 Å². The number of benzene rings is 1. The number of halogens is 1. The van der Waals surface area contributed by atoms with Gasteiger partial charge in [-0.15, -0.1) is 0 Å². The van der Waals surface area contributed by atoms with E-state index in [1.54, 1.807) is 6.20 Å². The van der Waals surface area contributed by atoms with Crippen molar-refractivity contribution < 1.29 is 4.21 Å². The fourth-order valence-corrected chi connectivity index (χ4v) is 2.97. The second-order valence-electron chi connectivity index (χ2n) is 3.64. The molecule has 1 aromatic carbocycles. The molecule has 1 heterocycles. The van der Waals surface area contributed by atoms with Crippen LogP contribution in [0.15, 0.2) is 48.7 Å². The first-order valence-electron chi connectivity index (χ1n) is 5.24. The van der Waals surface area contributed by atoms with E-state index in [1.807, 2.05) is 42.5 Å². The Labute approximate surface area is 108 Å². The first kappa shape index (κ1) is 12.3. The maximum absolute atomic E-state index is 11.9. The molecule has 4 heteroatoms. The van der Waals surface area contributed by atoms with Crippen LogP contribution < -0.4 is 0 Å². The highest BCUT2D eigenvalue weighted by atomic mass is 35.5. The van der Waals surface area contributed by atoms with E-state index in [9.17, 15) is 4.21 Å². The molecule has 0 amide bonds. The molecule has 0 aliphatic carbocycles. The van der Waals surface area contributed by atoms with Gasteiger partial charge in [0.1, 0.15) is 0 Å². The Hall–Kier alpha value is -1.19. The van der Waals surface area contributed by atoms with Crippen molar-refractivity contribution >= 4 is 22.4 Å². The molecule has 0 saturated heterocycles. The highest BCUT2D eigenvalue weighted by Gasteiger charge is 2.06. The van der Waals surface area contributed by atoms with Crippen LogP contribution >= 0.6 is 11.6 Å². The van der Waals surface area contributed by atoms with Crippen LogP contribution in [0.3, 0.4) is 0 Å².